The number of nitrogens with one attached hydrogen (secondary N) is 1. The molecule has 1 amide bonds. The van der Waals surface area contributed by atoms with Gasteiger partial charge < -0.3 is 4.42 Å². The van der Waals surface area contributed by atoms with Gasteiger partial charge in [0.2, 0.25) is 5.91 Å². The normalized spacial score (nSPS) is 15.5. The minimum absolute atomic E-state index is 0.0789. The van der Waals surface area contributed by atoms with E-state index in [1.54, 1.807) is 12.3 Å². The van der Waals surface area contributed by atoms with Crippen molar-refractivity contribution in [2.24, 2.45) is 0 Å². The van der Waals surface area contributed by atoms with Gasteiger partial charge in [-0.3, -0.25) is 10.2 Å². The number of oxazole rings is 1. The summed E-state index contributed by atoms with van der Waals surface area (Å²) in [4.78, 5) is 15.5. The third-order valence-corrected chi connectivity index (χ3v) is 2.29. The van der Waals surface area contributed by atoms with Gasteiger partial charge in [-0.25, -0.2) is 5.01 Å². The molecule has 1 aliphatic rings. The lowest BCUT2D eigenvalue weighted by Crippen LogP contribution is -2.40. The van der Waals surface area contributed by atoms with Crippen molar-refractivity contribution in [3.8, 4) is 0 Å². The number of carbonyl (C=O) groups is 1. The van der Waals surface area contributed by atoms with Gasteiger partial charge in [-0.1, -0.05) is 18.2 Å². The van der Waals surface area contributed by atoms with Crippen LogP contribution >= 0.6 is 0 Å². The number of benzene rings is 1. The smallest absolute Gasteiger partial charge is 0.322 e. The monoisotopic (exact) mass is 215 g/mol. The van der Waals surface area contributed by atoms with Gasteiger partial charge in [0.15, 0.2) is 5.58 Å². The van der Waals surface area contributed by atoms with Crippen molar-refractivity contribution in [1.29, 1.82) is 0 Å². The van der Waals surface area contributed by atoms with Crippen molar-refractivity contribution >= 4 is 23.0 Å². The molecule has 80 valence electrons. The molecule has 0 unspecified atom stereocenters. The first-order valence-corrected chi connectivity index (χ1v) is 4.94. The number of amides is 1. The van der Waals surface area contributed by atoms with Gasteiger partial charge >= 0.3 is 6.01 Å². The fraction of sp³-hybridized carbons (Fsp3) is 0.0909. The number of rotatable bonds is 1. The van der Waals surface area contributed by atoms with E-state index in [1.807, 2.05) is 24.3 Å². The van der Waals surface area contributed by atoms with Gasteiger partial charge in [0, 0.05) is 12.6 Å². The van der Waals surface area contributed by atoms with Crippen molar-refractivity contribution < 1.29 is 9.21 Å². The van der Waals surface area contributed by atoms with Gasteiger partial charge in [0.1, 0.15) is 5.52 Å². The Morgan fingerprint density at radius 2 is 2.25 bits per heavy atom. The fourth-order valence-corrected chi connectivity index (χ4v) is 1.56. The zero-order chi connectivity index (χ0) is 11.0. The molecular weight excluding hydrogens is 206 g/mol. The van der Waals surface area contributed by atoms with Crippen LogP contribution in [0.25, 0.3) is 11.1 Å². The van der Waals surface area contributed by atoms with Crippen molar-refractivity contribution in [1.82, 2.24) is 10.4 Å². The lowest BCUT2D eigenvalue weighted by Gasteiger charge is -2.19. The first kappa shape index (κ1) is 8.96. The summed E-state index contributed by atoms with van der Waals surface area (Å²) in [6.45, 7) is 0. The molecule has 0 aliphatic carbocycles. The topological polar surface area (TPSA) is 58.4 Å². The maximum absolute atomic E-state index is 11.2. The van der Waals surface area contributed by atoms with Crippen LogP contribution in [-0.2, 0) is 4.79 Å². The molecule has 5 heteroatoms. The van der Waals surface area contributed by atoms with Crippen LogP contribution in [0.2, 0.25) is 0 Å². The molecule has 1 aromatic carbocycles. The summed E-state index contributed by atoms with van der Waals surface area (Å²) >= 11 is 0. The Hall–Kier alpha value is -2.30. The highest BCUT2D eigenvalue weighted by molar-refractivity contribution is 5.81. The average molecular weight is 215 g/mol. The maximum atomic E-state index is 11.2. The summed E-state index contributed by atoms with van der Waals surface area (Å²) in [5, 5.41) is 1.48. The Labute approximate surface area is 91.3 Å². The average Bonchev–Trinajstić information content (AvgIpc) is 2.72. The first-order valence-electron chi connectivity index (χ1n) is 4.94. The van der Waals surface area contributed by atoms with Crippen molar-refractivity contribution in [3.63, 3.8) is 0 Å². The Morgan fingerprint density at radius 3 is 3.06 bits per heavy atom. The molecule has 16 heavy (non-hydrogen) atoms. The number of nitrogens with zero attached hydrogens (tertiary/aromatic N) is 2. The molecule has 2 heterocycles. The summed E-state index contributed by atoms with van der Waals surface area (Å²) in [7, 11) is 0. The van der Waals surface area contributed by atoms with Gasteiger partial charge in [-0.15, -0.1) is 0 Å². The maximum Gasteiger partial charge on any atom is 0.322 e. The van der Waals surface area contributed by atoms with Crippen LogP contribution in [0.3, 0.4) is 0 Å². The number of hydrogen-bond donors (Lipinski definition) is 1. The third-order valence-electron chi connectivity index (χ3n) is 2.29. The number of hydrazine groups is 1. The predicted molar refractivity (Wildman–Crippen MR) is 58.4 cm³/mol. The van der Waals surface area contributed by atoms with Gasteiger partial charge in [0.05, 0.1) is 0 Å². The van der Waals surface area contributed by atoms with Crippen LogP contribution in [0.1, 0.15) is 6.42 Å². The van der Waals surface area contributed by atoms with Crippen molar-refractivity contribution in [2.45, 2.75) is 6.42 Å². The SMILES string of the molecule is O=C1CC=CN(c2nc3ccccc3o2)N1. The largest absolute Gasteiger partial charge is 0.422 e. The van der Waals surface area contributed by atoms with Crippen molar-refractivity contribution in [3.05, 3.63) is 36.5 Å². The van der Waals surface area contributed by atoms with E-state index in [9.17, 15) is 4.79 Å². The number of hydrogen-bond acceptors (Lipinski definition) is 4. The number of carbonyl (C=O) groups excluding carboxylic acids is 1. The molecule has 0 atom stereocenters. The van der Waals surface area contributed by atoms with Gasteiger partial charge in [-0.05, 0) is 12.1 Å². The minimum atomic E-state index is -0.0789. The van der Waals surface area contributed by atoms with Crippen LogP contribution in [0.4, 0.5) is 6.01 Å². The van der Waals surface area contributed by atoms with Crippen LogP contribution in [0.5, 0.6) is 0 Å². The Balaban J connectivity index is 2.02. The predicted octanol–water partition coefficient (Wildman–Crippen LogP) is 1.58. The molecule has 0 saturated carbocycles. The lowest BCUT2D eigenvalue weighted by molar-refractivity contribution is -0.120. The van der Waals surface area contributed by atoms with E-state index in [0.717, 1.165) is 5.52 Å². The summed E-state index contributed by atoms with van der Waals surface area (Å²) in [6, 6.07) is 7.82. The van der Waals surface area contributed by atoms with Crippen LogP contribution in [-0.4, -0.2) is 10.9 Å². The Bertz CT molecular complexity index is 540. The molecule has 1 aliphatic heterocycles. The molecular formula is C11H9N3O2. The van der Waals surface area contributed by atoms with E-state index in [0.29, 0.717) is 18.0 Å². The summed E-state index contributed by atoms with van der Waals surface area (Å²) < 4.78 is 5.50. The highest BCUT2D eigenvalue weighted by Crippen LogP contribution is 2.21. The van der Waals surface area contributed by atoms with E-state index >= 15 is 0 Å². The summed E-state index contributed by atoms with van der Waals surface area (Å²) in [5.74, 6) is -0.0789. The van der Waals surface area contributed by atoms with Crippen molar-refractivity contribution in [2.75, 3.05) is 5.01 Å². The fourth-order valence-electron chi connectivity index (χ4n) is 1.56. The highest BCUT2D eigenvalue weighted by atomic mass is 16.4. The van der Waals surface area contributed by atoms with Gasteiger partial charge in [0.25, 0.3) is 0 Å². The van der Waals surface area contributed by atoms with E-state index in [1.165, 1.54) is 5.01 Å². The number of para-hydroxylation sites is 2. The number of fused-ring (bicyclic) bond motifs is 1. The second-order valence-electron chi connectivity index (χ2n) is 3.46. The second kappa shape index (κ2) is 3.37. The molecule has 0 fully saturated rings. The Kier molecular flexibility index (Phi) is 1.89. The van der Waals surface area contributed by atoms with E-state index in [2.05, 4.69) is 10.4 Å². The number of aromatic nitrogens is 1. The molecule has 5 nitrogen and oxygen atoms in total. The van der Waals surface area contributed by atoms with E-state index < -0.39 is 0 Å². The highest BCUT2D eigenvalue weighted by Gasteiger charge is 2.16. The third kappa shape index (κ3) is 1.42. The molecule has 2 aromatic rings. The van der Waals surface area contributed by atoms with Gasteiger partial charge in [-0.2, -0.15) is 4.98 Å². The molecule has 0 spiro atoms. The van der Waals surface area contributed by atoms with E-state index in [4.69, 9.17) is 4.42 Å². The van der Waals surface area contributed by atoms with Crippen LogP contribution in [0.15, 0.2) is 41.0 Å². The summed E-state index contributed by atoms with van der Waals surface area (Å²) in [5.41, 5.74) is 4.11. The second-order valence-corrected chi connectivity index (χ2v) is 3.46. The Morgan fingerprint density at radius 1 is 1.38 bits per heavy atom. The molecule has 0 radical (unpaired) electrons. The summed E-state index contributed by atoms with van der Waals surface area (Å²) in [6.07, 6.45) is 3.87. The van der Waals surface area contributed by atoms with Crippen LogP contribution in [0, 0.1) is 0 Å². The lowest BCUT2D eigenvalue weighted by atomic mass is 10.3. The molecule has 1 aromatic heterocycles. The molecule has 0 saturated heterocycles. The van der Waals surface area contributed by atoms with Crippen LogP contribution < -0.4 is 10.4 Å². The molecule has 0 bridgehead atoms. The quantitative estimate of drug-likeness (QED) is 0.784. The standard InChI is InChI=1S/C11H9N3O2/c15-10-6-3-7-14(13-10)11-12-8-4-1-2-5-9(8)16-11/h1-5,7H,6H2,(H,13,15). The van der Waals surface area contributed by atoms with E-state index in [-0.39, 0.29) is 5.91 Å². The zero-order valence-corrected chi connectivity index (χ0v) is 8.38. The minimum Gasteiger partial charge on any atom is -0.422 e. The number of anilines is 1. The molecule has 3 rings (SSSR count). The zero-order valence-electron chi connectivity index (χ0n) is 8.38. The molecule has 1 N–H and O–H groups in total. The first-order chi connectivity index (χ1) is 7.83.